The number of amides is 2. The molecule has 0 fully saturated rings. The molecule has 21 heavy (non-hydrogen) atoms. The lowest BCUT2D eigenvalue weighted by Crippen LogP contribution is -2.29. The summed E-state index contributed by atoms with van der Waals surface area (Å²) in [6, 6.07) is 11.4. The molecule has 4 nitrogen and oxygen atoms in total. The van der Waals surface area contributed by atoms with Crippen molar-refractivity contribution in [3.8, 4) is 0 Å². The largest absolute Gasteiger partial charge is 0.334 e. The molecule has 2 rings (SSSR count). The Morgan fingerprint density at radius 3 is 2.57 bits per heavy atom. The van der Waals surface area contributed by atoms with Crippen LogP contribution in [-0.4, -0.2) is 11.0 Å². The van der Waals surface area contributed by atoms with Crippen LogP contribution in [0.2, 0.25) is 0 Å². The van der Waals surface area contributed by atoms with Gasteiger partial charge in [-0.05, 0) is 28.7 Å². The van der Waals surface area contributed by atoms with Crippen LogP contribution in [0.4, 0.5) is 10.5 Å². The van der Waals surface area contributed by atoms with Crippen LogP contribution < -0.4 is 10.6 Å². The fourth-order valence-electron chi connectivity index (χ4n) is 2.10. The highest BCUT2D eigenvalue weighted by Gasteiger charge is 2.18. The third-order valence-electron chi connectivity index (χ3n) is 3.16. The van der Waals surface area contributed by atoms with E-state index in [1.54, 1.807) is 12.4 Å². The van der Waals surface area contributed by atoms with E-state index in [-0.39, 0.29) is 11.4 Å². The number of para-hydroxylation sites is 1. The van der Waals surface area contributed by atoms with Gasteiger partial charge in [0.15, 0.2) is 0 Å². The van der Waals surface area contributed by atoms with Gasteiger partial charge in [-0.1, -0.05) is 45.0 Å². The van der Waals surface area contributed by atoms with E-state index in [2.05, 4.69) is 36.4 Å². The highest BCUT2D eigenvalue weighted by molar-refractivity contribution is 5.90. The first-order chi connectivity index (χ1) is 9.97. The summed E-state index contributed by atoms with van der Waals surface area (Å²) in [6.07, 6.45) is 3.45. The van der Waals surface area contributed by atoms with Crippen LogP contribution in [0.3, 0.4) is 0 Å². The van der Waals surface area contributed by atoms with E-state index in [0.29, 0.717) is 6.54 Å². The highest BCUT2D eigenvalue weighted by Crippen LogP contribution is 2.29. The Balaban J connectivity index is 2.00. The molecule has 0 spiro atoms. The minimum absolute atomic E-state index is 0.0206. The second-order valence-electron chi connectivity index (χ2n) is 5.96. The Morgan fingerprint density at radius 1 is 1.14 bits per heavy atom. The summed E-state index contributed by atoms with van der Waals surface area (Å²) in [4.78, 5) is 16.0. The van der Waals surface area contributed by atoms with Crippen molar-refractivity contribution in [2.75, 3.05) is 5.32 Å². The second kappa shape index (κ2) is 6.39. The maximum absolute atomic E-state index is 12.0. The number of benzene rings is 1. The van der Waals surface area contributed by atoms with Crippen molar-refractivity contribution < 1.29 is 4.79 Å². The summed E-state index contributed by atoms with van der Waals surface area (Å²) in [5.41, 5.74) is 2.90. The monoisotopic (exact) mass is 283 g/mol. The Hall–Kier alpha value is -2.36. The zero-order chi connectivity index (χ0) is 15.3. The Bertz CT molecular complexity index is 603. The molecule has 110 valence electrons. The van der Waals surface area contributed by atoms with Gasteiger partial charge in [0.05, 0.1) is 0 Å². The Kier molecular flexibility index (Phi) is 4.58. The van der Waals surface area contributed by atoms with Crippen LogP contribution in [0.5, 0.6) is 0 Å². The zero-order valence-corrected chi connectivity index (χ0v) is 12.7. The highest BCUT2D eigenvalue weighted by atomic mass is 16.2. The molecular formula is C17H21N3O. The molecule has 2 aromatic rings. The number of urea groups is 1. The van der Waals surface area contributed by atoms with E-state index < -0.39 is 0 Å². The maximum atomic E-state index is 12.0. The van der Waals surface area contributed by atoms with E-state index in [9.17, 15) is 4.79 Å². The lowest BCUT2D eigenvalue weighted by Gasteiger charge is -2.23. The van der Waals surface area contributed by atoms with E-state index in [4.69, 9.17) is 0 Å². The lowest BCUT2D eigenvalue weighted by atomic mass is 9.86. The minimum Gasteiger partial charge on any atom is -0.334 e. The quantitative estimate of drug-likeness (QED) is 0.902. The van der Waals surface area contributed by atoms with Crippen molar-refractivity contribution in [2.45, 2.75) is 32.7 Å². The summed E-state index contributed by atoms with van der Waals surface area (Å²) in [5.74, 6) is 0. The number of rotatable bonds is 3. The molecule has 0 saturated heterocycles. The van der Waals surface area contributed by atoms with Crippen molar-refractivity contribution in [1.82, 2.24) is 10.3 Å². The molecule has 0 saturated carbocycles. The number of nitrogens with zero attached hydrogens (tertiary/aromatic N) is 1. The van der Waals surface area contributed by atoms with Gasteiger partial charge in [0.2, 0.25) is 0 Å². The molecule has 4 heteroatoms. The smallest absolute Gasteiger partial charge is 0.319 e. The van der Waals surface area contributed by atoms with Gasteiger partial charge in [-0.25, -0.2) is 4.79 Å². The normalized spacial score (nSPS) is 11.0. The fourth-order valence-corrected chi connectivity index (χ4v) is 2.10. The summed E-state index contributed by atoms with van der Waals surface area (Å²) < 4.78 is 0. The first kappa shape index (κ1) is 15.0. The summed E-state index contributed by atoms with van der Waals surface area (Å²) in [6.45, 7) is 6.83. The molecule has 0 bridgehead atoms. The molecule has 2 N–H and O–H groups in total. The molecule has 1 aromatic carbocycles. The second-order valence-corrected chi connectivity index (χ2v) is 5.96. The van der Waals surface area contributed by atoms with Crippen molar-refractivity contribution in [1.29, 1.82) is 0 Å². The van der Waals surface area contributed by atoms with Gasteiger partial charge >= 0.3 is 6.03 Å². The number of hydrogen-bond acceptors (Lipinski definition) is 2. The summed E-state index contributed by atoms with van der Waals surface area (Å²) >= 11 is 0. The van der Waals surface area contributed by atoms with Crippen molar-refractivity contribution in [3.05, 3.63) is 59.9 Å². The van der Waals surface area contributed by atoms with Gasteiger partial charge in [-0.15, -0.1) is 0 Å². The average molecular weight is 283 g/mol. The molecule has 0 atom stereocenters. The number of carbonyl (C=O) groups is 1. The van der Waals surface area contributed by atoms with Crippen LogP contribution in [0.15, 0.2) is 48.8 Å². The van der Waals surface area contributed by atoms with E-state index in [0.717, 1.165) is 16.8 Å². The van der Waals surface area contributed by atoms with Gasteiger partial charge in [0, 0.05) is 24.6 Å². The third-order valence-corrected chi connectivity index (χ3v) is 3.16. The van der Waals surface area contributed by atoms with Crippen molar-refractivity contribution >= 4 is 11.7 Å². The first-order valence-corrected chi connectivity index (χ1v) is 7.00. The fraction of sp³-hybridized carbons (Fsp3) is 0.294. The third kappa shape index (κ3) is 4.31. The minimum atomic E-state index is -0.212. The zero-order valence-electron chi connectivity index (χ0n) is 12.7. The first-order valence-electron chi connectivity index (χ1n) is 7.00. The van der Waals surface area contributed by atoms with E-state index in [1.807, 2.05) is 36.4 Å². The topological polar surface area (TPSA) is 54.0 Å². The molecule has 0 radical (unpaired) electrons. The van der Waals surface area contributed by atoms with E-state index >= 15 is 0 Å². The van der Waals surface area contributed by atoms with Gasteiger partial charge < -0.3 is 10.6 Å². The lowest BCUT2D eigenvalue weighted by molar-refractivity contribution is 0.251. The van der Waals surface area contributed by atoms with Crippen LogP contribution >= 0.6 is 0 Å². The number of aromatic nitrogens is 1. The molecular weight excluding hydrogens is 262 g/mol. The number of nitrogens with one attached hydrogen (secondary N) is 2. The van der Waals surface area contributed by atoms with Gasteiger partial charge in [-0.2, -0.15) is 0 Å². The average Bonchev–Trinajstić information content (AvgIpc) is 2.46. The number of anilines is 1. The number of pyridine rings is 1. The molecule has 0 aliphatic heterocycles. The molecule has 0 aliphatic rings. The van der Waals surface area contributed by atoms with Gasteiger partial charge in [-0.3, -0.25) is 4.98 Å². The molecule has 1 aromatic heterocycles. The SMILES string of the molecule is CC(C)(C)c1ccccc1NC(=O)NCc1cccnc1. The van der Waals surface area contributed by atoms with Crippen LogP contribution in [0, 0.1) is 0 Å². The molecule has 1 heterocycles. The van der Waals surface area contributed by atoms with Crippen LogP contribution in [0.25, 0.3) is 0 Å². The summed E-state index contributed by atoms with van der Waals surface area (Å²) in [5, 5.41) is 5.75. The Labute approximate surface area is 125 Å². The van der Waals surface area contributed by atoms with Crippen LogP contribution in [0.1, 0.15) is 31.9 Å². The standard InChI is InChI=1S/C17H21N3O/c1-17(2,3)14-8-4-5-9-15(14)20-16(21)19-12-13-7-6-10-18-11-13/h4-11H,12H2,1-3H3,(H2,19,20,21). The summed E-state index contributed by atoms with van der Waals surface area (Å²) in [7, 11) is 0. The molecule has 2 amide bonds. The maximum Gasteiger partial charge on any atom is 0.319 e. The Morgan fingerprint density at radius 2 is 1.90 bits per heavy atom. The number of hydrogen-bond donors (Lipinski definition) is 2. The van der Waals surface area contributed by atoms with Gasteiger partial charge in [0.1, 0.15) is 0 Å². The van der Waals surface area contributed by atoms with Crippen molar-refractivity contribution in [3.63, 3.8) is 0 Å². The van der Waals surface area contributed by atoms with Gasteiger partial charge in [0.25, 0.3) is 0 Å². The predicted octanol–water partition coefficient (Wildman–Crippen LogP) is 3.70. The van der Waals surface area contributed by atoms with Crippen molar-refractivity contribution in [2.24, 2.45) is 0 Å². The molecule has 0 aliphatic carbocycles. The van der Waals surface area contributed by atoms with Crippen LogP contribution in [-0.2, 0) is 12.0 Å². The predicted molar refractivity (Wildman–Crippen MR) is 85.2 cm³/mol. The van der Waals surface area contributed by atoms with E-state index in [1.165, 1.54) is 0 Å². The number of carbonyl (C=O) groups excluding carboxylic acids is 1. The molecule has 0 unspecified atom stereocenters.